The SMILES string of the molecule is CN(C)S(=O)(=O)N[C@@H](c1cn(CC(C)(C)C)c2cc(C3CC3)c(F)cc12)C(F)(F)F. The van der Waals surface area contributed by atoms with Crippen molar-refractivity contribution in [3.05, 3.63) is 35.3 Å². The molecule has 1 fully saturated rings. The monoisotopic (exact) mass is 449 g/mol. The van der Waals surface area contributed by atoms with Crippen LogP contribution in [0.5, 0.6) is 0 Å². The standard InChI is InChI=1S/C20H27F4N3O2S/c1-19(2,3)11-27-10-15(18(20(22,23)24)25-30(28,29)26(4)5)14-8-16(21)13(9-17(14)27)12-6-7-12/h8-10,12,18,25H,6-7,11H2,1-5H3/t18-/m0/s1. The normalized spacial score (nSPS) is 17.1. The molecule has 30 heavy (non-hydrogen) atoms. The molecule has 0 radical (unpaired) electrons. The van der Waals surface area contributed by atoms with Crippen molar-refractivity contribution < 1.29 is 26.0 Å². The van der Waals surface area contributed by atoms with Crippen molar-refractivity contribution in [3.8, 4) is 0 Å². The van der Waals surface area contributed by atoms with Gasteiger partial charge in [-0.25, -0.2) is 4.39 Å². The summed E-state index contributed by atoms with van der Waals surface area (Å²) in [5.74, 6) is -0.474. The van der Waals surface area contributed by atoms with E-state index in [-0.39, 0.29) is 22.3 Å². The maximum absolute atomic E-state index is 14.7. The average Bonchev–Trinajstić information content (AvgIpc) is 3.34. The van der Waals surface area contributed by atoms with E-state index in [0.29, 0.717) is 21.9 Å². The highest BCUT2D eigenvalue weighted by atomic mass is 32.2. The Balaban J connectivity index is 2.23. The summed E-state index contributed by atoms with van der Waals surface area (Å²) in [7, 11) is -2.11. The number of benzene rings is 1. The van der Waals surface area contributed by atoms with Gasteiger partial charge in [0.2, 0.25) is 0 Å². The van der Waals surface area contributed by atoms with E-state index in [0.717, 1.165) is 33.0 Å². The highest BCUT2D eigenvalue weighted by Crippen LogP contribution is 2.44. The van der Waals surface area contributed by atoms with Crippen molar-refractivity contribution in [2.24, 2.45) is 5.41 Å². The van der Waals surface area contributed by atoms with Crippen LogP contribution in [-0.2, 0) is 16.8 Å². The first-order valence-corrected chi connectivity index (χ1v) is 11.1. The molecule has 1 aliphatic carbocycles. The second kappa shape index (κ2) is 7.49. The fraction of sp³-hybridized carbons (Fsp3) is 0.600. The molecular formula is C20H27F4N3O2S. The molecule has 1 aliphatic rings. The number of aromatic nitrogens is 1. The van der Waals surface area contributed by atoms with Crippen LogP contribution >= 0.6 is 0 Å². The van der Waals surface area contributed by atoms with Crippen LogP contribution in [0.25, 0.3) is 10.9 Å². The van der Waals surface area contributed by atoms with Crippen LogP contribution in [0.2, 0.25) is 0 Å². The fourth-order valence-corrected chi connectivity index (χ4v) is 4.26. The first kappa shape index (κ1) is 23.0. The number of hydrogen-bond acceptors (Lipinski definition) is 2. The minimum atomic E-state index is -4.91. The van der Waals surface area contributed by atoms with Gasteiger partial charge in [-0.3, -0.25) is 0 Å². The molecule has 1 atom stereocenters. The van der Waals surface area contributed by atoms with Crippen LogP contribution < -0.4 is 4.72 Å². The molecule has 1 aromatic heterocycles. The van der Waals surface area contributed by atoms with Crippen molar-refractivity contribution in [2.75, 3.05) is 14.1 Å². The molecule has 1 aromatic carbocycles. The van der Waals surface area contributed by atoms with Crippen molar-refractivity contribution >= 4 is 21.1 Å². The van der Waals surface area contributed by atoms with Crippen LogP contribution in [0.3, 0.4) is 0 Å². The van der Waals surface area contributed by atoms with E-state index in [1.165, 1.54) is 6.20 Å². The summed E-state index contributed by atoms with van der Waals surface area (Å²) in [6, 6.07) is 0.228. The molecule has 0 aliphatic heterocycles. The molecule has 0 bridgehead atoms. The van der Waals surface area contributed by atoms with Gasteiger partial charge in [-0.05, 0) is 41.9 Å². The van der Waals surface area contributed by atoms with Crippen LogP contribution in [0.4, 0.5) is 17.6 Å². The Hall–Kier alpha value is -1.65. The van der Waals surface area contributed by atoms with E-state index >= 15 is 0 Å². The number of nitrogens with one attached hydrogen (secondary N) is 1. The molecule has 1 N–H and O–H groups in total. The summed E-state index contributed by atoms with van der Waals surface area (Å²) < 4.78 is 85.0. The number of hydrogen-bond donors (Lipinski definition) is 1. The summed E-state index contributed by atoms with van der Waals surface area (Å²) in [5, 5.41) is 0.0601. The van der Waals surface area contributed by atoms with Gasteiger partial charge >= 0.3 is 6.18 Å². The first-order valence-electron chi connectivity index (χ1n) is 9.69. The molecule has 10 heteroatoms. The molecule has 0 spiro atoms. The molecule has 168 valence electrons. The van der Waals surface area contributed by atoms with Gasteiger partial charge in [-0.15, -0.1) is 0 Å². The third-order valence-corrected chi connectivity index (χ3v) is 6.57. The third-order valence-electron chi connectivity index (χ3n) is 5.08. The zero-order valence-electron chi connectivity index (χ0n) is 17.6. The zero-order valence-corrected chi connectivity index (χ0v) is 18.5. The summed E-state index contributed by atoms with van der Waals surface area (Å²) in [6.45, 7) is 6.23. The smallest absolute Gasteiger partial charge is 0.347 e. The van der Waals surface area contributed by atoms with E-state index < -0.39 is 28.2 Å². The highest BCUT2D eigenvalue weighted by molar-refractivity contribution is 7.87. The second-order valence-corrected chi connectivity index (χ2v) is 11.2. The van der Waals surface area contributed by atoms with Gasteiger partial charge in [-0.2, -0.15) is 30.6 Å². The lowest BCUT2D eigenvalue weighted by atomic mass is 9.97. The van der Waals surface area contributed by atoms with E-state index in [9.17, 15) is 26.0 Å². The van der Waals surface area contributed by atoms with E-state index in [4.69, 9.17) is 0 Å². The lowest BCUT2D eigenvalue weighted by Crippen LogP contribution is -2.43. The average molecular weight is 450 g/mol. The van der Waals surface area contributed by atoms with Gasteiger partial charge < -0.3 is 4.57 Å². The van der Waals surface area contributed by atoms with Crippen LogP contribution in [0.15, 0.2) is 18.3 Å². The quantitative estimate of drug-likeness (QED) is 0.650. The first-order chi connectivity index (χ1) is 13.6. The molecular weight excluding hydrogens is 422 g/mol. The van der Waals surface area contributed by atoms with Crippen molar-refractivity contribution in [1.82, 2.24) is 13.6 Å². The number of nitrogens with zero attached hydrogens (tertiary/aromatic N) is 2. The Labute approximate surface area is 174 Å². The van der Waals surface area contributed by atoms with Gasteiger partial charge in [0.05, 0.1) is 0 Å². The van der Waals surface area contributed by atoms with Crippen LogP contribution in [0.1, 0.15) is 56.7 Å². The van der Waals surface area contributed by atoms with Crippen molar-refractivity contribution in [2.45, 2.75) is 58.3 Å². The zero-order chi connectivity index (χ0) is 22.6. The summed E-state index contributed by atoms with van der Waals surface area (Å²) in [4.78, 5) is 0. The van der Waals surface area contributed by atoms with E-state index in [2.05, 4.69) is 0 Å². The number of fused-ring (bicyclic) bond motifs is 1. The number of halogens is 4. The Morgan fingerprint density at radius 3 is 2.27 bits per heavy atom. The molecule has 0 amide bonds. The Kier molecular flexibility index (Phi) is 5.75. The van der Waals surface area contributed by atoms with E-state index in [1.54, 1.807) is 15.4 Å². The number of rotatable bonds is 6. The summed E-state index contributed by atoms with van der Waals surface area (Å²) >= 11 is 0. The Bertz CT molecular complexity index is 1050. The lowest BCUT2D eigenvalue weighted by Gasteiger charge is -2.23. The summed E-state index contributed by atoms with van der Waals surface area (Å²) in [5.41, 5.74) is 0.406. The largest absolute Gasteiger partial charge is 0.409 e. The Morgan fingerprint density at radius 2 is 1.80 bits per heavy atom. The van der Waals surface area contributed by atoms with Crippen LogP contribution in [0, 0.1) is 11.2 Å². The molecule has 1 saturated carbocycles. The van der Waals surface area contributed by atoms with Gasteiger partial charge in [-0.1, -0.05) is 20.8 Å². The van der Waals surface area contributed by atoms with Crippen LogP contribution in [-0.4, -0.2) is 37.6 Å². The molecule has 0 saturated heterocycles. The molecule has 1 heterocycles. The maximum Gasteiger partial charge on any atom is 0.409 e. The van der Waals surface area contributed by atoms with Gasteiger partial charge in [0.15, 0.2) is 0 Å². The molecule has 2 aromatic rings. The van der Waals surface area contributed by atoms with Gasteiger partial charge in [0.25, 0.3) is 10.2 Å². The molecule has 5 nitrogen and oxygen atoms in total. The maximum atomic E-state index is 14.7. The predicted molar refractivity (Wildman–Crippen MR) is 108 cm³/mol. The van der Waals surface area contributed by atoms with Crippen molar-refractivity contribution in [3.63, 3.8) is 0 Å². The van der Waals surface area contributed by atoms with Crippen molar-refractivity contribution in [1.29, 1.82) is 0 Å². The van der Waals surface area contributed by atoms with Gasteiger partial charge in [0.1, 0.15) is 11.9 Å². The summed E-state index contributed by atoms with van der Waals surface area (Å²) in [6.07, 6.45) is -1.91. The predicted octanol–water partition coefficient (Wildman–Crippen LogP) is 4.70. The third kappa shape index (κ3) is 4.81. The molecule has 3 rings (SSSR count). The Morgan fingerprint density at radius 1 is 1.20 bits per heavy atom. The van der Waals surface area contributed by atoms with Gasteiger partial charge in [0, 0.05) is 43.3 Å². The number of alkyl halides is 3. The topological polar surface area (TPSA) is 54.3 Å². The fourth-order valence-electron chi connectivity index (χ4n) is 3.49. The second-order valence-electron chi connectivity index (χ2n) is 9.32. The molecule has 0 unspecified atom stereocenters. The lowest BCUT2D eigenvalue weighted by molar-refractivity contribution is -0.152. The minimum absolute atomic E-state index is 0.0601. The van der Waals surface area contributed by atoms with E-state index in [1.807, 2.05) is 20.8 Å². The minimum Gasteiger partial charge on any atom is -0.347 e. The highest BCUT2D eigenvalue weighted by Gasteiger charge is 2.45.